The highest BCUT2D eigenvalue weighted by Gasteiger charge is 2.12. The lowest BCUT2D eigenvalue weighted by molar-refractivity contribution is 0.0599. The maximum atomic E-state index is 11.5. The van der Waals surface area contributed by atoms with Crippen molar-refractivity contribution >= 4 is 11.8 Å². The zero-order valence-electron chi connectivity index (χ0n) is 10.5. The third-order valence-corrected chi connectivity index (χ3v) is 2.46. The second kappa shape index (κ2) is 6.51. The first kappa shape index (κ1) is 13.0. The summed E-state index contributed by atoms with van der Waals surface area (Å²) >= 11 is 0. The van der Waals surface area contributed by atoms with Crippen molar-refractivity contribution in [2.24, 2.45) is 0 Å². The summed E-state index contributed by atoms with van der Waals surface area (Å²) in [5.41, 5.74) is 4.02. The number of anilines is 1. The van der Waals surface area contributed by atoms with E-state index in [1.165, 1.54) is 7.11 Å². The number of ether oxygens (including phenoxy) is 1. The van der Waals surface area contributed by atoms with E-state index in [0.29, 0.717) is 18.0 Å². The molecule has 0 aliphatic rings. The molecule has 0 bridgehead atoms. The lowest BCUT2D eigenvalue weighted by Crippen LogP contribution is -2.10. The molecule has 0 radical (unpaired) electrons. The van der Waals surface area contributed by atoms with Gasteiger partial charge in [0.05, 0.1) is 13.7 Å². The van der Waals surface area contributed by atoms with Crippen LogP contribution in [0, 0.1) is 0 Å². The number of nitrogens with zero attached hydrogens (tertiary/aromatic N) is 1. The highest BCUT2D eigenvalue weighted by molar-refractivity contribution is 5.94. The van der Waals surface area contributed by atoms with Crippen molar-refractivity contribution in [1.29, 1.82) is 0 Å². The van der Waals surface area contributed by atoms with Crippen molar-refractivity contribution in [2.75, 3.05) is 12.6 Å². The van der Waals surface area contributed by atoms with E-state index in [0.717, 1.165) is 5.56 Å². The van der Waals surface area contributed by atoms with E-state index in [2.05, 4.69) is 15.2 Å². The summed E-state index contributed by atoms with van der Waals surface area (Å²) in [5.74, 6) is -0.121. The Balaban J connectivity index is 1.98. The van der Waals surface area contributed by atoms with E-state index < -0.39 is 5.97 Å². The number of nitrogens with one attached hydrogen (secondary N) is 1. The zero-order valence-corrected chi connectivity index (χ0v) is 10.5. The molecule has 0 fully saturated rings. The topological polar surface area (TPSA) is 60.5 Å². The van der Waals surface area contributed by atoms with Gasteiger partial charge in [-0.05, 0) is 17.7 Å². The monoisotopic (exact) mass is 258 g/mol. The molecule has 0 unspecified atom stereocenters. The van der Waals surface area contributed by atoms with Gasteiger partial charge < -0.3 is 4.74 Å². The highest BCUT2D eigenvalue weighted by atomic mass is 16.6. The van der Waals surface area contributed by atoms with Gasteiger partial charge in [0.25, 0.3) is 0 Å². The second-order valence-electron chi connectivity index (χ2n) is 3.77. The summed E-state index contributed by atoms with van der Waals surface area (Å²) in [7, 11) is 1.32. The predicted molar refractivity (Wildman–Crippen MR) is 70.4 cm³/mol. The first-order chi connectivity index (χ1) is 9.31. The van der Waals surface area contributed by atoms with Crippen LogP contribution in [0.2, 0.25) is 0 Å². The molecule has 0 aliphatic carbocycles. The smallest absolute Gasteiger partial charge is 0.341 e. The largest absolute Gasteiger partial charge is 0.465 e. The summed E-state index contributed by atoms with van der Waals surface area (Å²) in [6.45, 7) is 0.373. The van der Waals surface area contributed by atoms with Crippen molar-refractivity contribution in [3.05, 3.63) is 59.8 Å². The average molecular weight is 258 g/mol. The maximum Gasteiger partial charge on any atom is 0.341 e. The quantitative estimate of drug-likeness (QED) is 0.659. The summed E-state index contributed by atoms with van der Waals surface area (Å²) < 4.78 is 4.67. The number of carbonyl (C=O) groups excluding carboxylic acids is 1. The van der Waals surface area contributed by atoms with Gasteiger partial charge in [0.1, 0.15) is 5.56 Å². The minimum absolute atomic E-state index is 0.332. The van der Waals surface area contributed by atoms with Crippen molar-refractivity contribution < 1.29 is 14.4 Å². The number of rotatable bonds is 5. The predicted octanol–water partition coefficient (Wildman–Crippen LogP) is 2.41. The zero-order chi connectivity index (χ0) is 13.5. The second-order valence-corrected chi connectivity index (χ2v) is 3.77. The first-order valence-electron chi connectivity index (χ1n) is 5.76. The fraction of sp³-hybridized carbons (Fsp3) is 0.143. The molecule has 0 aliphatic heterocycles. The van der Waals surface area contributed by atoms with Gasteiger partial charge >= 0.3 is 5.97 Å². The van der Waals surface area contributed by atoms with Crippen LogP contribution in [0.15, 0.2) is 48.7 Å². The molecule has 1 heterocycles. The Morgan fingerprint density at radius 1 is 1.21 bits per heavy atom. The number of esters is 1. The van der Waals surface area contributed by atoms with Crippen LogP contribution in [0.5, 0.6) is 0 Å². The number of benzene rings is 1. The third kappa shape index (κ3) is 3.53. The molecule has 5 nitrogen and oxygen atoms in total. The number of hydrogen-bond donors (Lipinski definition) is 1. The summed E-state index contributed by atoms with van der Waals surface area (Å²) in [4.78, 5) is 20.9. The molecule has 0 saturated carbocycles. The highest BCUT2D eigenvalue weighted by Crippen LogP contribution is 2.13. The van der Waals surface area contributed by atoms with E-state index in [4.69, 9.17) is 4.84 Å². The molecule has 98 valence electrons. The molecule has 19 heavy (non-hydrogen) atoms. The lowest BCUT2D eigenvalue weighted by atomic mass is 10.2. The molecule has 0 amide bonds. The van der Waals surface area contributed by atoms with Gasteiger partial charge in [-0.3, -0.25) is 4.84 Å². The van der Waals surface area contributed by atoms with Crippen LogP contribution in [0.25, 0.3) is 0 Å². The molecule has 0 saturated heterocycles. The van der Waals surface area contributed by atoms with E-state index in [1.54, 1.807) is 18.3 Å². The van der Waals surface area contributed by atoms with E-state index in [1.807, 2.05) is 30.3 Å². The van der Waals surface area contributed by atoms with Crippen molar-refractivity contribution in [3.63, 3.8) is 0 Å². The van der Waals surface area contributed by atoms with Crippen LogP contribution >= 0.6 is 0 Å². The minimum atomic E-state index is -0.459. The Morgan fingerprint density at radius 3 is 2.74 bits per heavy atom. The standard InChI is InChI=1S/C14H14N2O3/c1-18-14(17)12-8-5-9-15-13(12)16-19-10-11-6-3-2-4-7-11/h2-9H,10H2,1H3,(H,15,16). The Hall–Kier alpha value is -2.40. The Labute approximate surface area is 111 Å². The van der Waals surface area contributed by atoms with Gasteiger partial charge in [-0.15, -0.1) is 0 Å². The number of hydrogen-bond acceptors (Lipinski definition) is 5. The van der Waals surface area contributed by atoms with E-state index >= 15 is 0 Å². The summed E-state index contributed by atoms with van der Waals surface area (Å²) in [6.07, 6.45) is 1.57. The van der Waals surface area contributed by atoms with Crippen LogP contribution in [0.1, 0.15) is 15.9 Å². The molecule has 5 heteroatoms. The van der Waals surface area contributed by atoms with Gasteiger partial charge in [0.2, 0.25) is 0 Å². The first-order valence-corrected chi connectivity index (χ1v) is 5.76. The van der Waals surface area contributed by atoms with Crippen LogP contribution in [0.3, 0.4) is 0 Å². The number of methoxy groups -OCH3 is 1. The normalized spacial score (nSPS) is 9.95. The summed E-state index contributed by atoms with van der Waals surface area (Å²) in [5, 5.41) is 0. The Morgan fingerprint density at radius 2 is 2.00 bits per heavy atom. The number of aromatic nitrogens is 1. The molecular formula is C14H14N2O3. The fourth-order valence-corrected chi connectivity index (χ4v) is 1.52. The molecule has 2 aromatic rings. The molecule has 0 atom stereocenters. The number of pyridine rings is 1. The minimum Gasteiger partial charge on any atom is -0.465 e. The van der Waals surface area contributed by atoms with Gasteiger partial charge in [0, 0.05) is 6.20 Å². The SMILES string of the molecule is COC(=O)c1cccnc1NOCc1ccccc1. The average Bonchev–Trinajstić information content (AvgIpc) is 2.48. The van der Waals surface area contributed by atoms with Crippen LogP contribution in [0.4, 0.5) is 5.82 Å². The molecule has 2 rings (SSSR count). The van der Waals surface area contributed by atoms with Crippen LogP contribution in [-0.2, 0) is 16.2 Å². The van der Waals surface area contributed by atoms with Gasteiger partial charge in [-0.2, -0.15) is 0 Å². The van der Waals surface area contributed by atoms with Crippen molar-refractivity contribution in [3.8, 4) is 0 Å². The molecular weight excluding hydrogens is 244 g/mol. The number of carbonyl (C=O) groups is 1. The maximum absolute atomic E-state index is 11.5. The van der Waals surface area contributed by atoms with Crippen molar-refractivity contribution in [2.45, 2.75) is 6.61 Å². The molecule has 1 aromatic carbocycles. The van der Waals surface area contributed by atoms with Gasteiger partial charge in [0.15, 0.2) is 5.82 Å². The lowest BCUT2D eigenvalue weighted by Gasteiger charge is -2.09. The Bertz CT molecular complexity index is 543. The fourth-order valence-electron chi connectivity index (χ4n) is 1.52. The van der Waals surface area contributed by atoms with E-state index in [9.17, 15) is 4.79 Å². The summed E-state index contributed by atoms with van der Waals surface area (Å²) in [6, 6.07) is 13.0. The van der Waals surface area contributed by atoms with E-state index in [-0.39, 0.29) is 0 Å². The van der Waals surface area contributed by atoms with Gasteiger partial charge in [-0.25, -0.2) is 15.3 Å². The molecule has 1 aromatic heterocycles. The molecule has 1 N–H and O–H groups in total. The van der Waals surface area contributed by atoms with Crippen LogP contribution in [-0.4, -0.2) is 18.1 Å². The van der Waals surface area contributed by atoms with Gasteiger partial charge in [-0.1, -0.05) is 30.3 Å². The van der Waals surface area contributed by atoms with Crippen molar-refractivity contribution in [1.82, 2.24) is 4.98 Å². The third-order valence-electron chi connectivity index (χ3n) is 2.46. The Kier molecular flexibility index (Phi) is 4.47. The van der Waals surface area contributed by atoms with Crippen LogP contribution < -0.4 is 5.48 Å². The molecule has 0 spiro atoms.